The van der Waals surface area contributed by atoms with Gasteiger partial charge in [-0.05, 0) is 19.3 Å². The van der Waals surface area contributed by atoms with Crippen LogP contribution in [0.5, 0.6) is 0 Å². The zero-order valence-electron chi connectivity index (χ0n) is 9.82. The fourth-order valence-electron chi connectivity index (χ4n) is 1.55. The minimum absolute atomic E-state index is 0.0508. The first-order valence-corrected chi connectivity index (χ1v) is 5.45. The molecule has 5 N–H and O–H groups in total. The van der Waals surface area contributed by atoms with Crippen LogP contribution in [-0.2, 0) is 0 Å². The van der Waals surface area contributed by atoms with Crippen LogP contribution in [0.4, 0.5) is 0 Å². The van der Waals surface area contributed by atoms with Crippen molar-refractivity contribution in [1.29, 1.82) is 0 Å². The van der Waals surface area contributed by atoms with Crippen LogP contribution in [0, 0.1) is 0 Å². The van der Waals surface area contributed by atoms with Crippen molar-refractivity contribution in [3.63, 3.8) is 0 Å². The molecule has 0 bridgehead atoms. The van der Waals surface area contributed by atoms with Crippen LogP contribution < -0.4 is 11.1 Å². The van der Waals surface area contributed by atoms with Crippen molar-refractivity contribution in [3.05, 3.63) is 0 Å². The van der Waals surface area contributed by atoms with E-state index in [0.717, 1.165) is 19.3 Å². The summed E-state index contributed by atoms with van der Waals surface area (Å²) in [5.74, 6) is 0.164. The van der Waals surface area contributed by atoms with Gasteiger partial charge in [0.05, 0.1) is 12.6 Å². The van der Waals surface area contributed by atoms with E-state index in [0.29, 0.717) is 0 Å². The molecular formula is C10H23N3O2. The summed E-state index contributed by atoms with van der Waals surface area (Å²) in [4.78, 5) is 0. The van der Waals surface area contributed by atoms with Gasteiger partial charge >= 0.3 is 0 Å². The average molecular weight is 217 g/mol. The Morgan fingerprint density at radius 1 is 1.40 bits per heavy atom. The van der Waals surface area contributed by atoms with E-state index in [9.17, 15) is 5.11 Å². The highest BCUT2D eigenvalue weighted by molar-refractivity contribution is 5.85. The molecule has 15 heavy (non-hydrogen) atoms. The second-order valence-corrected chi connectivity index (χ2v) is 3.78. The Morgan fingerprint density at radius 3 is 2.20 bits per heavy atom. The number of oxime groups is 1. The van der Waals surface area contributed by atoms with Crippen molar-refractivity contribution in [2.24, 2.45) is 10.9 Å². The lowest BCUT2D eigenvalue weighted by Crippen LogP contribution is -2.56. The van der Waals surface area contributed by atoms with Gasteiger partial charge in [0.15, 0.2) is 5.84 Å². The maximum absolute atomic E-state index is 9.37. The minimum atomic E-state index is -0.337. The Labute approximate surface area is 91.4 Å². The van der Waals surface area contributed by atoms with Gasteiger partial charge in [0.25, 0.3) is 0 Å². The summed E-state index contributed by atoms with van der Waals surface area (Å²) in [7, 11) is 0. The molecule has 90 valence electrons. The normalized spacial score (nSPS) is 15.3. The van der Waals surface area contributed by atoms with Crippen LogP contribution in [0.25, 0.3) is 0 Å². The van der Waals surface area contributed by atoms with Crippen LogP contribution in [0.2, 0.25) is 0 Å². The predicted molar refractivity (Wildman–Crippen MR) is 61.0 cm³/mol. The third kappa shape index (κ3) is 3.68. The molecule has 0 saturated heterocycles. The van der Waals surface area contributed by atoms with Gasteiger partial charge in [-0.3, -0.25) is 5.32 Å². The maximum atomic E-state index is 9.37. The molecule has 0 saturated carbocycles. The summed E-state index contributed by atoms with van der Waals surface area (Å²) < 4.78 is 0. The molecule has 5 nitrogen and oxygen atoms in total. The first-order chi connectivity index (χ1) is 7.09. The highest BCUT2D eigenvalue weighted by Gasteiger charge is 2.28. The maximum Gasteiger partial charge on any atom is 0.156 e. The number of aliphatic hydroxyl groups excluding tert-OH is 1. The summed E-state index contributed by atoms with van der Waals surface area (Å²) in [5.41, 5.74) is 5.22. The van der Waals surface area contributed by atoms with Gasteiger partial charge in [-0.25, -0.2) is 0 Å². The Kier molecular flexibility index (Phi) is 6.27. The number of nitrogens with one attached hydrogen (secondary N) is 1. The van der Waals surface area contributed by atoms with Crippen LogP contribution in [0.3, 0.4) is 0 Å². The molecule has 0 heterocycles. The first-order valence-electron chi connectivity index (χ1n) is 5.45. The number of aliphatic hydroxyl groups is 1. The van der Waals surface area contributed by atoms with Crippen molar-refractivity contribution in [3.8, 4) is 0 Å². The van der Waals surface area contributed by atoms with Gasteiger partial charge in [-0.15, -0.1) is 0 Å². The number of rotatable bonds is 7. The van der Waals surface area contributed by atoms with Gasteiger partial charge < -0.3 is 16.0 Å². The van der Waals surface area contributed by atoms with Gasteiger partial charge in [0.1, 0.15) is 0 Å². The van der Waals surface area contributed by atoms with E-state index in [1.165, 1.54) is 0 Å². The summed E-state index contributed by atoms with van der Waals surface area (Å²) in [5, 5.41) is 24.2. The molecule has 1 unspecified atom stereocenters. The molecule has 0 fully saturated rings. The number of hydrogen-bond donors (Lipinski definition) is 4. The third-order valence-electron chi connectivity index (χ3n) is 3.02. The Balaban J connectivity index is 4.62. The lowest BCUT2D eigenvalue weighted by atomic mass is 9.92. The number of nitrogens with two attached hydrogens (primary N) is 1. The fraction of sp³-hybridized carbons (Fsp3) is 0.900. The van der Waals surface area contributed by atoms with Gasteiger partial charge in [-0.2, -0.15) is 0 Å². The van der Waals surface area contributed by atoms with Crippen molar-refractivity contribution >= 4 is 5.84 Å². The van der Waals surface area contributed by atoms with E-state index < -0.39 is 0 Å². The monoisotopic (exact) mass is 217 g/mol. The average Bonchev–Trinajstić information content (AvgIpc) is 2.31. The van der Waals surface area contributed by atoms with Crippen LogP contribution in [-0.4, -0.2) is 34.3 Å². The van der Waals surface area contributed by atoms with E-state index in [2.05, 4.69) is 10.5 Å². The van der Waals surface area contributed by atoms with E-state index in [4.69, 9.17) is 10.9 Å². The third-order valence-corrected chi connectivity index (χ3v) is 3.02. The molecule has 0 aromatic heterocycles. The van der Waals surface area contributed by atoms with E-state index in [1.807, 2.05) is 20.8 Å². The van der Waals surface area contributed by atoms with Gasteiger partial charge in [-0.1, -0.05) is 25.9 Å². The SMILES string of the molecule is CCC(NC(CC)(CC)CO)C(N)=NO. The zero-order chi connectivity index (χ0) is 11.9. The van der Waals surface area contributed by atoms with E-state index in [-0.39, 0.29) is 24.0 Å². The summed E-state index contributed by atoms with van der Waals surface area (Å²) in [6, 6.07) is -0.193. The van der Waals surface area contributed by atoms with Crippen LogP contribution >= 0.6 is 0 Å². The molecule has 0 amide bonds. The van der Waals surface area contributed by atoms with E-state index in [1.54, 1.807) is 0 Å². The largest absolute Gasteiger partial charge is 0.409 e. The summed E-state index contributed by atoms with van der Waals surface area (Å²) >= 11 is 0. The molecule has 0 aliphatic heterocycles. The quantitative estimate of drug-likeness (QED) is 0.218. The molecule has 0 aromatic rings. The van der Waals surface area contributed by atoms with Crippen LogP contribution in [0.1, 0.15) is 40.0 Å². The molecule has 0 aliphatic rings. The molecule has 0 aliphatic carbocycles. The van der Waals surface area contributed by atoms with Crippen molar-refractivity contribution in [2.75, 3.05) is 6.61 Å². The number of hydrogen-bond acceptors (Lipinski definition) is 4. The lowest BCUT2D eigenvalue weighted by Gasteiger charge is -2.34. The number of amidine groups is 1. The molecule has 0 radical (unpaired) electrons. The highest BCUT2D eigenvalue weighted by Crippen LogP contribution is 2.15. The second kappa shape index (κ2) is 6.63. The zero-order valence-corrected chi connectivity index (χ0v) is 9.82. The molecule has 0 rings (SSSR count). The van der Waals surface area contributed by atoms with Gasteiger partial charge in [0.2, 0.25) is 0 Å². The smallest absolute Gasteiger partial charge is 0.156 e. The molecule has 0 aromatic carbocycles. The second-order valence-electron chi connectivity index (χ2n) is 3.78. The Hall–Kier alpha value is -0.810. The summed E-state index contributed by atoms with van der Waals surface area (Å²) in [6.07, 6.45) is 2.32. The van der Waals surface area contributed by atoms with Crippen molar-refractivity contribution in [2.45, 2.75) is 51.6 Å². The molecule has 1 atom stereocenters. The minimum Gasteiger partial charge on any atom is -0.409 e. The Morgan fingerprint density at radius 2 is 1.93 bits per heavy atom. The molecule has 0 spiro atoms. The molecular weight excluding hydrogens is 194 g/mol. The number of nitrogens with zero attached hydrogens (tertiary/aromatic N) is 1. The Bertz CT molecular complexity index is 195. The van der Waals surface area contributed by atoms with Gasteiger partial charge in [0, 0.05) is 5.54 Å². The summed E-state index contributed by atoms with van der Waals surface area (Å²) in [6.45, 7) is 6.01. The van der Waals surface area contributed by atoms with Crippen LogP contribution in [0.15, 0.2) is 5.16 Å². The topological polar surface area (TPSA) is 90.9 Å². The predicted octanol–water partition coefficient (Wildman–Crippen LogP) is 0.652. The van der Waals surface area contributed by atoms with Crippen molar-refractivity contribution < 1.29 is 10.3 Å². The highest BCUT2D eigenvalue weighted by atomic mass is 16.4. The first kappa shape index (κ1) is 14.2. The van der Waals surface area contributed by atoms with Crippen molar-refractivity contribution in [1.82, 2.24) is 5.32 Å². The standard InChI is InChI=1S/C10H23N3O2/c1-4-8(9(11)13-15)12-10(5-2,6-3)7-14/h8,12,14-15H,4-7H2,1-3H3,(H2,11,13). The molecule has 5 heteroatoms. The lowest BCUT2D eigenvalue weighted by molar-refractivity contribution is 0.144. The van der Waals surface area contributed by atoms with E-state index >= 15 is 0 Å². The fourth-order valence-corrected chi connectivity index (χ4v) is 1.55.